The Morgan fingerprint density at radius 2 is 1.70 bits per heavy atom. The number of hydrogen-bond donors (Lipinski definition) is 2. The van der Waals surface area contributed by atoms with Crippen LogP contribution in [0.2, 0.25) is 0 Å². The molecule has 4 nitrogen and oxygen atoms in total. The maximum absolute atomic E-state index is 13.3. The Morgan fingerprint density at radius 1 is 1.10 bits per heavy atom. The zero-order valence-electron chi connectivity index (χ0n) is 11.2. The second kappa shape index (κ2) is 6.94. The minimum absolute atomic E-state index is 0.231. The van der Waals surface area contributed by atoms with Gasteiger partial charge >= 0.3 is 0 Å². The molecule has 0 spiro atoms. The van der Waals surface area contributed by atoms with Gasteiger partial charge < -0.3 is 5.32 Å². The van der Waals surface area contributed by atoms with Gasteiger partial charge in [-0.2, -0.15) is 0 Å². The van der Waals surface area contributed by atoms with Gasteiger partial charge in [0, 0.05) is 18.2 Å². The summed E-state index contributed by atoms with van der Waals surface area (Å²) in [5, 5.41) is 3.03. The molecule has 0 aromatic heterocycles. The van der Waals surface area contributed by atoms with Crippen molar-refractivity contribution in [3.63, 3.8) is 0 Å². The molecule has 114 valence electrons. The third-order valence-corrected chi connectivity index (χ3v) is 3.77. The van der Waals surface area contributed by atoms with Crippen LogP contribution in [-0.4, -0.2) is 26.8 Å². The topological polar surface area (TPSA) is 58.2 Å². The summed E-state index contributed by atoms with van der Waals surface area (Å²) in [6.07, 6.45) is 0.318. The Labute approximate surface area is 116 Å². The Hall–Kier alpha value is -1.28. The van der Waals surface area contributed by atoms with Crippen molar-refractivity contribution in [2.24, 2.45) is 0 Å². The highest BCUT2D eigenvalue weighted by atomic mass is 32.2. The van der Waals surface area contributed by atoms with E-state index in [-0.39, 0.29) is 11.8 Å². The Bertz CT molecular complexity index is 562. The third-order valence-electron chi connectivity index (χ3n) is 2.42. The fraction of sp³-hybridized carbons (Fsp3) is 0.500. The minimum Gasteiger partial charge on any atom is -0.314 e. The van der Waals surface area contributed by atoms with Crippen molar-refractivity contribution in [2.45, 2.75) is 26.3 Å². The van der Waals surface area contributed by atoms with E-state index >= 15 is 0 Å². The highest BCUT2D eigenvalue weighted by Crippen LogP contribution is 2.19. The minimum atomic E-state index is -3.80. The van der Waals surface area contributed by atoms with Crippen LogP contribution in [0.25, 0.3) is 0 Å². The van der Waals surface area contributed by atoms with Crippen LogP contribution in [0.1, 0.15) is 20.3 Å². The van der Waals surface area contributed by atoms with Gasteiger partial charge in [-0.25, -0.2) is 21.6 Å². The molecule has 0 radical (unpaired) electrons. The van der Waals surface area contributed by atoms with Gasteiger partial charge in [-0.05, 0) is 13.0 Å². The van der Waals surface area contributed by atoms with E-state index in [9.17, 15) is 21.6 Å². The molecular formula is C12H17F3N2O2S. The van der Waals surface area contributed by atoms with E-state index in [1.165, 1.54) is 0 Å². The largest absolute Gasteiger partial charge is 0.314 e. The standard InChI is InChI=1S/C12H17F3N2O2S/c1-8(2)16-4-3-5-20(18,19)17-12-7-10(14)9(13)6-11(12)15/h6-8,16-17H,3-5H2,1-2H3. The third kappa shape index (κ3) is 5.38. The zero-order valence-corrected chi connectivity index (χ0v) is 12.0. The Morgan fingerprint density at radius 3 is 2.30 bits per heavy atom. The summed E-state index contributed by atoms with van der Waals surface area (Å²) >= 11 is 0. The lowest BCUT2D eigenvalue weighted by atomic mass is 10.3. The molecule has 0 saturated carbocycles. The number of nitrogens with one attached hydrogen (secondary N) is 2. The van der Waals surface area contributed by atoms with Crippen LogP contribution < -0.4 is 10.0 Å². The molecule has 0 aliphatic carbocycles. The zero-order chi connectivity index (χ0) is 15.3. The molecule has 1 aromatic rings. The highest BCUT2D eigenvalue weighted by molar-refractivity contribution is 7.92. The van der Waals surface area contributed by atoms with E-state index in [0.717, 1.165) is 0 Å². The molecule has 1 rings (SSSR count). The van der Waals surface area contributed by atoms with Crippen molar-refractivity contribution >= 4 is 15.7 Å². The first-order valence-corrected chi connectivity index (χ1v) is 7.75. The first-order valence-electron chi connectivity index (χ1n) is 6.09. The quantitative estimate of drug-likeness (QED) is 0.600. The van der Waals surface area contributed by atoms with E-state index < -0.39 is 33.2 Å². The lowest BCUT2D eigenvalue weighted by Gasteiger charge is -2.10. The Balaban J connectivity index is 2.65. The average Bonchev–Trinajstić information content (AvgIpc) is 2.31. The maximum atomic E-state index is 13.3. The molecule has 0 amide bonds. The van der Waals surface area contributed by atoms with Crippen LogP contribution in [0, 0.1) is 17.5 Å². The van der Waals surface area contributed by atoms with Crippen molar-refractivity contribution in [3.8, 4) is 0 Å². The summed E-state index contributed by atoms with van der Waals surface area (Å²) in [4.78, 5) is 0. The summed E-state index contributed by atoms with van der Waals surface area (Å²) in [6, 6.07) is 1.01. The number of anilines is 1. The second-order valence-corrected chi connectivity index (χ2v) is 6.47. The van der Waals surface area contributed by atoms with Gasteiger partial charge in [0.1, 0.15) is 5.82 Å². The summed E-state index contributed by atoms with van der Waals surface area (Å²) in [5.74, 6) is -4.09. The molecule has 2 N–H and O–H groups in total. The molecule has 0 heterocycles. The predicted octanol–water partition coefficient (Wildman–Crippen LogP) is 2.23. The van der Waals surface area contributed by atoms with Gasteiger partial charge in [0.05, 0.1) is 11.4 Å². The van der Waals surface area contributed by atoms with Gasteiger partial charge in [-0.15, -0.1) is 0 Å². The number of rotatable bonds is 7. The van der Waals surface area contributed by atoms with Gasteiger partial charge in [-0.1, -0.05) is 13.8 Å². The average molecular weight is 310 g/mol. The molecule has 0 fully saturated rings. The molecule has 0 aliphatic heterocycles. The summed E-state index contributed by atoms with van der Waals surface area (Å²) < 4.78 is 64.2. The SMILES string of the molecule is CC(C)NCCCS(=O)(=O)Nc1cc(F)c(F)cc1F. The van der Waals surface area contributed by atoms with Crippen molar-refractivity contribution in [1.29, 1.82) is 0 Å². The highest BCUT2D eigenvalue weighted by Gasteiger charge is 2.16. The molecule has 0 unspecified atom stereocenters. The lowest BCUT2D eigenvalue weighted by molar-refractivity contribution is 0.496. The van der Waals surface area contributed by atoms with Crippen LogP contribution in [0.3, 0.4) is 0 Å². The van der Waals surface area contributed by atoms with E-state index in [0.29, 0.717) is 25.1 Å². The molecule has 0 saturated heterocycles. The summed E-state index contributed by atoms with van der Waals surface area (Å²) in [7, 11) is -3.80. The molecule has 1 aromatic carbocycles. The fourth-order valence-electron chi connectivity index (χ4n) is 1.47. The van der Waals surface area contributed by atoms with Crippen molar-refractivity contribution in [1.82, 2.24) is 5.32 Å². The molecule has 0 bridgehead atoms. The summed E-state index contributed by atoms with van der Waals surface area (Å²) in [6.45, 7) is 4.33. The number of sulfonamides is 1. The number of halogens is 3. The van der Waals surface area contributed by atoms with Crippen molar-refractivity contribution in [2.75, 3.05) is 17.0 Å². The van der Waals surface area contributed by atoms with Gasteiger partial charge in [0.15, 0.2) is 11.6 Å². The number of benzene rings is 1. The molecular weight excluding hydrogens is 293 g/mol. The summed E-state index contributed by atoms with van der Waals surface area (Å²) in [5.41, 5.74) is -0.597. The van der Waals surface area contributed by atoms with E-state index in [1.54, 1.807) is 0 Å². The van der Waals surface area contributed by atoms with Gasteiger partial charge in [-0.3, -0.25) is 4.72 Å². The first-order chi connectivity index (χ1) is 9.21. The van der Waals surface area contributed by atoms with Crippen molar-refractivity contribution in [3.05, 3.63) is 29.6 Å². The smallest absolute Gasteiger partial charge is 0.232 e. The van der Waals surface area contributed by atoms with E-state index in [4.69, 9.17) is 0 Å². The van der Waals surface area contributed by atoms with Gasteiger partial charge in [0.2, 0.25) is 10.0 Å². The number of hydrogen-bond acceptors (Lipinski definition) is 3. The van der Waals surface area contributed by atoms with E-state index in [2.05, 4.69) is 5.32 Å². The van der Waals surface area contributed by atoms with Crippen LogP contribution in [0.4, 0.5) is 18.9 Å². The van der Waals surface area contributed by atoms with Crippen LogP contribution in [0.5, 0.6) is 0 Å². The monoisotopic (exact) mass is 310 g/mol. The molecule has 0 atom stereocenters. The van der Waals surface area contributed by atoms with Crippen LogP contribution >= 0.6 is 0 Å². The van der Waals surface area contributed by atoms with E-state index in [1.807, 2.05) is 18.6 Å². The van der Waals surface area contributed by atoms with Crippen molar-refractivity contribution < 1.29 is 21.6 Å². The normalized spacial score (nSPS) is 11.9. The molecule has 0 aliphatic rings. The predicted molar refractivity (Wildman–Crippen MR) is 71.5 cm³/mol. The van der Waals surface area contributed by atoms with Crippen LogP contribution in [0.15, 0.2) is 12.1 Å². The van der Waals surface area contributed by atoms with Gasteiger partial charge in [0.25, 0.3) is 0 Å². The molecule has 8 heteroatoms. The molecule has 20 heavy (non-hydrogen) atoms. The first kappa shape index (κ1) is 16.8. The fourth-order valence-corrected chi connectivity index (χ4v) is 2.59. The Kier molecular flexibility index (Phi) is 5.82. The lowest BCUT2D eigenvalue weighted by Crippen LogP contribution is -2.26. The maximum Gasteiger partial charge on any atom is 0.232 e. The second-order valence-electron chi connectivity index (χ2n) is 4.63. The van der Waals surface area contributed by atoms with Crippen LogP contribution in [-0.2, 0) is 10.0 Å².